The van der Waals surface area contributed by atoms with Crippen LogP contribution in [0.2, 0.25) is 5.28 Å². The van der Waals surface area contributed by atoms with E-state index in [-0.39, 0.29) is 11.8 Å². The second kappa shape index (κ2) is 6.98. The van der Waals surface area contributed by atoms with E-state index in [9.17, 15) is 4.79 Å². The Bertz CT molecular complexity index is 922. The number of fused-ring (bicyclic) bond motifs is 1. The monoisotopic (exact) mass is 375 g/mol. The van der Waals surface area contributed by atoms with Crippen LogP contribution in [0.1, 0.15) is 25.3 Å². The van der Waals surface area contributed by atoms with E-state index < -0.39 is 5.97 Å². The van der Waals surface area contributed by atoms with Crippen molar-refractivity contribution in [2.45, 2.75) is 19.8 Å². The van der Waals surface area contributed by atoms with Crippen molar-refractivity contribution in [3.8, 4) is 11.1 Å². The van der Waals surface area contributed by atoms with Crippen molar-refractivity contribution in [1.29, 1.82) is 0 Å². The lowest BCUT2D eigenvalue weighted by atomic mass is 9.99. The van der Waals surface area contributed by atoms with Crippen molar-refractivity contribution in [2.24, 2.45) is 0 Å². The maximum absolute atomic E-state index is 11.1. The predicted octanol–water partition coefficient (Wildman–Crippen LogP) is 4.66. The molecule has 0 bridgehead atoms. The summed E-state index contributed by atoms with van der Waals surface area (Å²) in [6, 6.07) is 8.38. The quantitative estimate of drug-likeness (QED) is 0.657. The number of aromatic nitrogens is 2. The number of halogens is 1. The van der Waals surface area contributed by atoms with Gasteiger partial charge in [0.2, 0.25) is 5.28 Å². The summed E-state index contributed by atoms with van der Waals surface area (Å²) in [5, 5.41) is 12.0. The van der Waals surface area contributed by atoms with Crippen molar-refractivity contribution in [3.05, 3.63) is 40.5 Å². The molecule has 0 aliphatic heterocycles. The van der Waals surface area contributed by atoms with Crippen LogP contribution in [0.5, 0.6) is 0 Å². The predicted molar refractivity (Wildman–Crippen MR) is 103 cm³/mol. The lowest BCUT2D eigenvalue weighted by molar-refractivity contribution is -0.135. The van der Waals surface area contributed by atoms with E-state index in [0.717, 1.165) is 21.3 Å². The third-order valence-electron chi connectivity index (χ3n) is 4.01. The maximum Gasteiger partial charge on any atom is 0.323 e. The number of aliphatic carboxylic acids is 1. The average Bonchev–Trinajstić information content (AvgIpc) is 2.97. The minimum atomic E-state index is -0.927. The number of benzene rings is 1. The molecule has 0 saturated heterocycles. The number of likely N-dealkylation sites (N-methyl/N-ethyl adjacent to an activating group) is 1. The van der Waals surface area contributed by atoms with E-state index in [2.05, 4.69) is 48.1 Å². The zero-order valence-corrected chi connectivity index (χ0v) is 15.7. The summed E-state index contributed by atoms with van der Waals surface area (Å²) in [5.74, 6) is 0.0673. The summed E-state index contributed by atoms with van der Waals surface area (Å²) in [7, 11) is 1.69. The Labute approximate surface area is 154 Å². The molecule has 7 heteroatoms. The minimum absolute atomic E-state index is 0.114. The fourth-order valence-electron chi connectivity index (χ4n) is 2.71. The van der Waals surface area contributed by atoms with Crippen LogP contribution in [0, 0.1) is 0 Å². The highest BCUT2D eigenvalue weighted by molar-refractivity contribution is 7.17. The van der Waals surface area contributed by atoms with E-state index in [1.54, 1.807) is 11.9 Å². The van der Waals surface area contributed by atoms with Crippen LogP contribution in [0.25, 0.3) is 21.3 Å². The molecule has 0 radical (unpaired) electrons. The summed E-state index contributed by atoms with van der Waals surface area (Å²) in [6.45, 7) is 4.15. The zero-order chi connectivity index (χ0) is 18.1. The summed E-state index contributed by atoms with van der Waals surface area (Å²) >= 11 is 7.50. The van der Waals surface area contributed by atoms with E-state index in [1.807, 2.05) is 5.38 Å². The van der Waals surface area contributed by atoms with Gasteiger partial charge in [-0.05, 0) is 28.6 Å². The third-order valence-corrected chi connectivity index (χ3v) is 5.05. The Morgan fingerprint density at radius 1 is 1.28 bits per heavy atom. The molecule has 0 spiro atoms. The lowest BCUT2D eigenvalue weighted by Crippen LogP contribution is -2.26. The van der Waals surface area contributed by atoms with Crippen molar-refractivity contribution >= 4 is 44.9 Å². The van der Waals surface area contributed by atoms with Gasteiger partial charge >= 0.3 is 5.97 Å². The molecule has 2 heterocycles. The van der Waals surface area contributed by atoms with Gasteiger partial charge in [-0.2, -0.15) is 4.98 Å². The van der Waals surface area contributed by atoms with Gasteiger partial charge in [-0.25, -0.2) is 4.98 Å². The SMILES string of the molecule is CC(C)c1ccc(-c2csc3nc(Cl)nc(N(C)CC(=O)O)c23)cc1. The molecule has 0 fully saturated rings. The first-order valence-corrected chi connectivity index (χ1v) is 9.10. The van der Waals surface area contributed by atoms with Crippen LogP contribution in [-0.2, 0) is 4.79 Å². The number of hydrogen-bond acceptors (Lipinski definition) is 5. The Hall–Kier alpha value is -2.18. The molecule has 0 amide bonds. The molecule has 0 atom stereocenters. The molecule has 130 valence electrons. The van der Waals surface area contributed by atoms with Gasteiger partial charge in [0.15, 0.2) is 0 Å². The van der Waals surface area contributed by atoms with Crippen LogP contribution in [0.4, 0.5) is 5.82 Å². The molecule has 3 rings (SSSR count). The fraction of sp³-hybridized carbons (Fsp3) is 0.278. The van der Waals surface area contributed by atoms with Crippen LogP contribution in [0.3, 0.4) is 0 Å². The summed E-state index contributed by atoms with van der Waals surface area (Å²) < 4.78 is 0. The third kappa shape index (κ3) is 3.60. The molecule has 2 aromatic heterocycles. The first-order chi connectivity index (χ1) is 11.9. The van der Waals surface area contributed by atoms with Gasteiger partial charge in [-0.1, -0.05) is 38.1 Å². The van der Waals surface area contributed by atoms with Gasteiger partial charge in [0.25, 0.3) is 0 Å². The number of carboxylic acid groups (broad SMARTS) is 1. The average molecular weight is 376 g/mol. The van der Waals surface area contributed by atoms with Crippen LogP contribution in [-0.4, -0.2) is 34.6 Å². The number of anilines is 1. The molecule has 5 nitrogen and oxygen atoms in total. The number of nitrogens with zero attached hydrogens (tertiary/aromatic N) is 3. The van der Waals surface area contributed by atoms with Crippen LogP contribution < -0.4 is 4.90 Å². The number of hydrogen-bond donors (Lipinski definition) is 1. The van der Waals surface area contributed by atoms with Gasteiger partial charge in [0.05, 0.1) is 5.39 Å². The highest BCUT2D eigenvalue weighted by Crippen LogP contribution is 2.38. The molecule has 0 saturated carbocycles. The standard InChI is InChI=1S/C18H18ClN3O2S/c1-10(2)11-4-6-12(7-5-11)13-9-25-17-15(13)16(20-18(19)21-17)22(3)8-14(23)24/h4-7,9-10H,8H2,1-3H3,(H,23,24). The Kier molecular flexibility index (Phi) is 4.92. The first-order valence-electron chi connectivity index (χ1n) is 7.84. The van der Waals surface area contributed by atoms with E-state index in [4.69, 9.17) is 16.7 Å². The molecule has 0 aliphatic rings. The molecule has 0 unspecified atom stereocenters. The molecule has 1 aromatic carbocycles. The summed E-state index contributed by atoms with van der Waals surface area (Å²) in [4.78, 5) is 22.0. The molecular weight excluding hydrogens is 358 g/mol. The van der Waals surface area contributed by atoms with Crippen molar-refractivity contribution in [2.75, 3.05) is 18.5 Å². The number of thiophene rings is 1. The van der Waals surface area contributed by atoms with E-state index >= 15 is 0 Å². The van der Waals surface area contributed by atoms with Crippen molar-refractivity contribution < 1.29 is 9.90 Å². The van der Waals surface area contributed by atoms with E-state index in [1.165, 1.54) is 16.9 Å². The van der Waals surface area contributed by atoms with Gasteiger partial charge < -0.3 is 10.0 Å². The highest BCUT2D eigenvalue weighted by Gasteiger charge is 2.19. The van der Waals surface area contributed by atoms with Gasteiger partial charge in [0.1, 0.15) is 17.2 Å². The number of rotatable bonds is 5. The normalized spacial score (nSPS) is 11.2. The van der Waals surface area contributed by atoms with Crippen LogP contribution in [0.15, 0.2) is 29.6 Å². The highest BCUT2D eigenvalue weighted by atomic mass is 35.5. The second-order valence-corrected chi connectivity index (χ2v) is 7.37. The van der Waals surface area contributed by atoms with Crippen molar-refractivity contribution in [1.82, 2.24) is 9.97 Å². The Morgan fingerprint density at radius 2 is 1.96 bits per heavy atom. The summed E-state index contributed by atoms with van der Waals surface area (Å²) in [6.07, 6.45) is 0. The first kappa shape index (κ1) is 17.6. The zero-order valence-electron chi connectivity index (χ0n) is 14.2. The Morgan fingerprint density at radius 3 is 2.56 bits per heavy atom. The van der Waals surface area contributed by atoms with Crippen LogP contribution >= 0.6 is 22.9 Å². The molecule has 3 aromatic rings. The topological polar surface area (TPSA) is 66.3 Å². The Balaban J connectivity index is 2.14. The van der Waals surface area contributed by atoms with Crippen molar-refractivity contribution in [3.63, 3.8) is 0 Å². The summed E-state index contributed by atoms with van der Waals surface area (Å²) in [5.41, 5.74) is 3.30. The van der Waals surface area contributed by atoms with Gasteiger partial charge in [-0.3, -0.25) is 4.79 Å². The smallest absolute Gasteiger partial charge is 0.323 e. The van der Waals surface area contributed by atoms with E-state index in [0.29, 0.717) is 11.7 Å². The second-order valence-electron chi connectivity index (χ2n) is 6.17. The largest absolute Gasteiger partial charge is 0.480 e. The minimum Gasteiger partial charge on any atom is -0.480 e. The molecule has 1 N–H and O–H groups in total. The molecule has 0 aliphatic carbocycles. The fourth-order valence-corrected chi connectivity index (χ4v) is 3.87. The van der Waals surface area contributed by atoms with Gasteiger partial charge in [-0.15, -0.1) is 11.3 Å². The molecular formula is C18H18ClN3O2S. The molecule has 25 heavy (non-hydrogen) atoms. The maximum atomic E-state index is 11.1. The number of carbonyl (C=O) groups is 1. The number of carboxylic acids is 1. The van der Waals surface area contributed by atoms with Gasteiger partial charge in [0, 0.05) is 18.0 Å². The lowest BCUT2D eigenvalue weighted by Gasteiger charge is -2.17.